The number of halogens is 9. The van der Waals surface area contributed by atoms with Crippen molar-refractivity contribution in [3.05, 3.63) is 285 Å². The molecule has 0 radical (unpaired) electrons. The second-order valence-electron chi connectivity index (χ2n) is 33.9. The molecule has 13 aromatic rings. The fourth-order valence-corrected chi connectivity index (χ4v) is 15.4. The minimum Gasteiger partial charge on any atom is -0.508 e. The predicted octanol–water partition coefficient (Wildman–Crippen LogP) is 14.2. The molecule has 4 amide bonds. The van der Waals surface area contributed by atoms with E-state index in [1.165, 1.54) is 30.1 Å². The van der Waals surface area contributed by atoms with Crippen LogP contribution < -0.4 is 84.3 Å². The molecular weight excluding hydrogens is 1950 g/mol. The monoisotopic (exact) mass is 2050 g/mol. The Morgan fingerprint density at radius 2 is 0.747 bits per heavy atom. The van der Waals surface area contributed by atoms with Crippen LogP contribution in [0.4, 0.5) is 123 Å². The number of aromatic hydroxyl groups is 1. The van der Waals surface area contributed by atoms with Crippen LogP contribution >= 0.6 is 23.2 Å². The number of anilines is 16. The number of hydrazine groups is 4. The highest BCUT2D eigenvalue weighted by Crippen LogP contribution is 2.36. The standard InChI is InChI=1S/C28H26ClFN6O3.C24H26F4N8O2.C23H26ClFN8O2.C23H27FN8O2/c1-17-11-21(32-22-13-19(12-20(29)15-22)18-3-2-4-23(37)14-18)5-6-24(17)27(38)34-35-28-31-16-25(30)26(33-28)36-7-9-39-10-8-36;1-35(2)14-15-9-16(24(26,27)28)11-18(10-15)31-17-3-4-20(29-12-17)22(37)33-34-23-30-13-19(25)21(32-23)36-5-7-38-8-6-36;1-32(2)14-15-3-5-19(17(24)11-15)28-16-4-6-20(26-12-16)22(34)30-31-23-27-13-18(25)21(29-23)33-7-9-35-10-8-33;1-31(2)15-16-4-3-5-17(12-16)27-18-6-7-20(25-13-18)22(33)29-30-23-26-14-19(24)21(28-23)32-8-10-34-11-9-32/h2-6,11-16,32,37H,7-10H2,1H3,(H,34,38)(H,31,33,35);3-4,9-13,31H,5-8,14H2,1-2H3,(H,33,37)(H,30,32,34);3-6,11-13,28H,7-10,14H2,1-2H3,(H,30,34)(H,27,29,31);3-7,12-14,27H,8-11,15H2,1-2H3,(H,29,33)(H,26,28,30). The first-order valence-electron chi connectivity index (χ1n) is 45.7. The van der Waals surface area contributed by atoms with Gasteiger partial charge in [0, 0.05) is 105 Å². The summed E-state index contributed by atoms with van der Waals surface area (Å²) < 4.78 is 118. The van der Waals surface area contributed by atoms with Crippen molar-refractivity contribution in [1.29, 1.82) is 0 Å². The summed E-state index contributed by atoms with van der Waals surface area (Å²) in [6, 6.07) is 45.0. The molecule has 0 unspecified atom stereocenters. The predicted molar refractivity (Wildman–Crippen MR) is 542 cm³/mol. The zero-order valence-corrected chi connectivity index (χ0v) is 81.7. The quantitative estimate of drug-likeness (QED) is 0.0142. The Kier molecular flexibility index (Phi) is 37.0. The van der Waals surface area contributed by atoms with Crippen molar-refractivity contribution in [3.8, 4) is 16.9 Å². The van der Waals surface area contributed by atoms with Crippen LogP contribution in [-0.4, -0.2) is 246 Å². The Morgan fingerprint density at radius 1 is 0.370 bits per heavy atom. The number of carbonyl (C=O) groups excluding carboxylic acids is 4. The normalized spacial score (nSPS) is 13.6. The number of pyridine rings is 3. The van der Waals surface area contributed by atoms with E-state index >= 15 is 0 Å². The van der Waals surface area contributed by atoms with Crippen molar-refractivity contribution in [2.45, 2.75) is 32.7 Å². The first-order valence-corrected chi connectivity index (χ1v) is 46.4. The van der Waals surface area contributed by atoms with E-state index in [1.807, 2.05) is 89.7 Å². The van der Waals surface area contributed by atoms with Gasteiger partial charge in [0.15, 0.2) is 46.5 Å². The summed E-state index contributed by atoms with van der Waals surface area (Å²) in [4.78, 5) is 108. The largest absolute Gasteiger partial charge is 0.508 e. The number of hydrogen-bond acceptors (Lipinski definition) is 35. The zero-order chi connectivity index (χ0) is 103. The molecule has 0 saturated carbocycles. The molecule has 764 valence electrons. The molecule has 146 heavy (non-hydrogen) atoms. The third-order valence-electron chi connectivity index (χ3n) is 21.8. The zero-order valence-electron chi connectivity index (χ0n) is 80.2. The maximum absolute atomic E-state index is 14.3. The molecule has 0 aliphatic carbocycles. The van der Waals surface area contributed by atoms with Gasteiger partial charge >= 0.3 is 6.18 Å². The summed E-state index contributed by atoms with van der Waals surface area (Å²) in [5.74, 6) is -3.25. The molecule has 11 heterocycles. The number of phenols is 1. The van der Waals surface area contributed by atoms with E-state index in [1.54, 1.807) is 112 Å². The van der Waals surface area contributed by atoms with Crippen LogP contribution in [0.2, 0.25) is 10.0 Å². The number of carbonyl (C=O) groups is 4. The van der Waals surface area contributed by atoms with Gasteiger partial charge in [-0.05, 0) is 210 Å². The molecule has 7 aromatic heterocycles. The Morgan fingerprint density at radius 3 is 1.15 bits per heavy atom. The highest BCUT2D eigenvalue weighted by Gasteiger charge is 2.32. The highest BCUT2D eigenvalue weighted by atomic mass is 35.5. The molecule has 4 aliphatic rings. The summed E-state index contributed by atoms with van der Waals surface area (Å²) in [6.45, 7) is 11.7. The summed E-state index contributed by atoms with van der Waals surface area (Å²) >= 11 is 12.7. The number of rotatable bonds is 31. The van der Waals surface area contributed by atoms with Gasteiger partial charge in [-0.25, -0.2) is 52.4 Å². The number of hydrogen-bond donors (Lipinski definition) is 13. The highest BCUT2D eigenvalue weighted by molar-refractivity contribution is 6.33. The molecule has 17 rings (SSSR count). The minimum atomic E-state index is -4.50. The second-order valence-corrected chi connectivity index (χ2v) is 34.8. The summed E-state index contributed by atoms with van der Waals surface area (Å²) in [5, 5.41) is 23.6. The summed E-state index contributed by atoms with van der Waals surface area (Å²) in [6.07, 6.45) is 4.14. The summed E-state index contributed by atoms with van der Waals surface area (Å²) in [7, 11) is 11.6. The Balaban J connectivity index is 0.000000154. The molecule has 0 spiro atoms. The third-order valence-corrected chi connectivity index (χ3v) is 22.3. The smallest absolute Gasteiger partial charge is 0.416 e. The van der Waals surface area contributed by atoms with Gasteiger partial charge in [-0.3, -0.25) is 62.6 Å². The Hall–Kier alpha value is -15.8. The fraction of sp³-hybridized carbons (Fsp3) is 0.276. The van der Waals surface area contributed by atoms with Gasteiger partial charge in [-0.15, -0.1) is 0 Å². The number of phenolic OH excluding ortho intramolecular Hbond substituents is 1. The van der Waals surface area contributed by atoms with Gasteiger partial charge in [0.2, 0.25) is 23.8 Å². The van der Waals surface area contributed by atoms with Crippen molar-refractivity contribution in [3.63, 3.8) is 0 Å². The molecule has 4 saturated heterocycles. The number of morpholine rings is 4. The third kappa shape index (κ3) is 31.1. The molecule has 48 heteroatoms. The number of aromatic nitrogens is 11. The van der Waals surface area contributed by atoms with E-state index in [2.05, 4.69) is 141 Å². The van der Waals surface area contributed by atoms with Crippen LogP contribution in [0.15, 0.2) is 201 Å². The number of ether oxygens (including phenoxy) is 4. The average molecular weight is 2050 g/mol. The maximum Gasteiger partial charge on any atom is 0.416 e. The first-order chi connectivity index (χ1) is 70.3. The van der Waals surface area contributed by atoms with Crippen LogP contribution in [0.1, 0.15) is 69.6 Å². The number of benzene rings is 6. The van der Waals surface area contributed by atoms with Gasteiger partial charge < -0.3 is 79.6 Å². The first kappa shape index (κ1) is 106. The lowest BCUT2D eigenvalue weighted by molar-refractivity contribution is -0.137. The molecule has 6 aromatic carbocycles. The van der Waals surface area contributed by atoms with Crippen molar-refractivity contribution in [2.75, 3.05) is 210 Å². The van der Waals surface area contributed by atoms with E-state index in [0.29, 0.717) is 144 Å². The topological polar surface area (TPSA) is 434 Å². The SMILES string of the molecule is CN(C)Cc1cc(Nc2ccc(C(=O)NNc3ncc(F)c(N4CCOCC4)n3)nc2)cc(C(F)(F)F)c1.CN(C)Cc1ccc(Nc2ccc(C(=O)NNc3ncc(F)c(N4CCOCC4)n3)nc2)c(Cl)c1.CN(C)Cc1cccc(Nc2ccc(C(=O)NNc3ncc(F)c(N4CCOCC4)n3)nc2)c1.Cc1cc(Nc2cc(Cl)cc(-c3cccc(O)c3)c2)ccc1C(=O)NNc1ncc(F)c(N2CCOCC2)n1. The lowest BCUT2D eigenvalue weighted by Gasteiger charge is -2.28. The van der Waals surface area contributed by atoms with E-state index < -0.39 is 58.6 Å². The van der Waals surface area contributed by atoms with Gasteiger partial charge in [0.25, 0.3) is 23.6 Å². The van der Waals surface area contributed by atoms with Gasteiger partial charge in [0.05, 0.1) is 130 Å². The minimum absolute atomic E-state index is 0.0161. The van der Waals surface area contributed by atoms with Crippen LogP contribution in [0, 0.1) is 30.2 Å². The molecule has 4 aliphatic heterocycles. The van der Waals surface area contributed by atoms with E-state index in [9.17, 15) is 55.0 Å². The number of nitrogens with zero attached hydrogens (tertiary/aromatic N) is 18. The van der Waals surface area contributed by atoms with Crippen molar-refractivity contribution in [1.82, 2.24) is 91.2 Å². The molecule has 4 fully saturated rings. The van der Waals surface area contributed by atoms with Crippen molar-refractivity contribution in [2.24, 2.45) is 0 Å². The second kappa shape index (κ2) is 50.9. The van der Waals surface area contributed by atoms with E-state index in [4.69, 9.17) is 42.1 Å². The van der Waals surface area contributed by atoms with Gasteiger partial charge in [0.1, 0.15) is 22.8 Å². The van der Waals surface area contributed by atoms with Crippen LogP contribution in [0.5, 0.6) is 5.75 Å². The molecule has 39 nitrogen and oxygen atoms in total. The average Bonchev–Trinajstić information content (AvgIpc) is 0.829. The molecular formula is C98H105Cl2F7N30O9. The lowest BCUT2D eigenvalue weighted by atomic mass is 10.0. The van der Waals surface area contributed by atoms with Crippen LogP contribution in [-0.2, 0) is 44.8 Å². The fourth-order valence-electron chi connectivity index (χ4n) is 15.0. The van der Waals surface area contributed by atoms with Crippen LogP contribution in [0.25, 0.3) is 11.1 Å². The van der Waals surface area contributed by atoms with Crippen LogP contribution in [0.3, 0.4) is 0 Å². The van der Waals surface area contributed by atoms with E-state index in [0.717, 1.165) is 101 Å². The van der Waals surface area contributed by atoms with E-state index in [-0.39, 0.29) is 75.6 Å². The molecule has 0 bridgehead atoms. The molecule has 0 atom stereocenters. The van der Waals surface area contributed by atoms with Gasteiger partial charge in [-0.2, -0.15) is 33.1 Å². The molecule has 13 N–H and O–H groups in total. The number of alkyl halides is 3. The van der Waals surface area contributed by atoms with Gasteiger partial charge in [-0.1, -0.05) is 53.5 Å². The Labute approximate surface area is 844 Å². The maximum atomic E-state index is 14.3. The van der Waals surface area contributed by atoms with Crippen molar-refractivity contribution >= 4 is 139 Å². The number of aryl methyl sites for hydroxylation is 1. The number of amides is 4. The summed E-state index contributed by atoms with van der Waals surface area (Å²) in [5.41, 5.74) is 30.9. The van der Waals surface area contributed by atoms with Crippen molar-refractivity contribution < 1.29 is 74.0 Å². The number of nitrogens with one attached hydrogen (secondary N) is 12. The Bertz CT molecular complexity index is 6640. The lowest BCUT2D eigenvalue weighted by Crippen LogP contribution is -2.38.